The quantitative estimate of drug-likeness (QED) is 0.417. The Hall–Kier alpha value is -0.300. The van der Waals surface area contributed by atoms with Crippen LogP contribution in [-0.2, 0) is 4.74 Å². The number of rotatable bonds is 3. The van der Waals surface area contributed by atoms with Gasteiger partial charge in [0, 0.05) is 0 Å². The van der Waals surface area contributed by atoms with Crippen molar-refractivity contribution in [2.75, 3.05) is 0 Å². The number of allylic oxidation sites excluding steroid dienone is 1. The van der Waals surface area contributed by atoms with Gasteiger partial charge in [0.05, 0.1) is 6.10 Å². The molecule has 1 fully saturated rings. The van der Waals surface area contributed by atoms with E-state index in [2.05, 4.69) is 26.0 Å². The van der Waals surface area contributed by atoms with Gasteiger partial charge in [-0.05, 0) is 13.3 Å². The molecular formula is C8H14O. The summed E-state index contributed by atoms with van der Waals surface area (Å²) >= 11 is 0. The second-order valence-electron chi connectivity index (χ2n) is 2.52. The summed E-state index contributed by atoms with van der Waals surface area (Å²) in [5, 5.41) is 0. The molecule has 0 aliphatic carbocycles. The van der Waals surface area contributed by atoms with E-state index in [-0.39, 0.29) is 0 Å². The fourth-order valence-corrected chi connectivity index (χ4v) is 0.801. The highest BCUT2D eigenvalue weighted by atomic mass is 16.6. The summed E-state index contributed by atoms with van der Waals surface area (Å²) in [4.78, 5) is 0. The Bertz CT molecular complexity index is 107. The van der Waals surface area contributed by atoms with Crippen LogP contribution in [0.1, 0.15) is 26.7 Å². The highest BCUT2D eigenvalue weighted by Crippen LogP contribution is 2.21. The largest absolute Gasteiger partial charge is 0.365 e. The van der Waals surface area contributed by atoms with Crippen LogP contribution >= 0.6 is 0 Å². The number of epoxide rings is 1. The molecule has 1 nitrogen and oxygen atoms in total. The summed E-state index contributed by atoms with van der Waals surface area (Å²) in [5.41, 5.74) is 0. The first kappa shape index (κ1) is 6.81. The molecule has 0 radical (unpaired) electrons. The maximum atomic E-state index is 5.18. The van der Waals surface area contributed by atoms with E-state index in [0.29, 0.717) is 12.2 Å². The third kappa shape index (κ3) is 2.19. The Balaban J connectivity index is 2.03. The monoisotopic (exact) mass is 126 g/mol. The van der Waals surface area contributed by atoms with Crippen LogP contribution in [-0.4, -0.2) is 12.2 Å². The van der Waals surface area contributed by atoms with Gasteiger partial charge in [-0.2, -0.15) is 0 Å². The molecule has 0 N–H and O–H groups in total. The minimum atomic E-state index is 0.441. The number of ether oxygens (including phenoxy) is 1. The van der Waals surface area contributed by atoms with E-state index >= 15 is 0 Å². The van der Waals surface area contributed by atoms with Crippen LogP contribution in [0.25, 0.3) is 0 Å². The van der Waals surface area contributed by atoms with E-state index in [1.807, 2.05) is 0 Å². The van der Waals surface area contributed by atoms with E-state index in [4.69, 9.17) is 4.74 Å². The second-order valence-corrected chi connectivity index (χ2v) is 2.52. The molecule has 1 heterocycles. The average Bonchev–Trinajstić information content (AvgIpc) is 2.48. The molecule has 0 saturated carbocycles. The Morgan fingerprint density at radius 1 is 1.56 bits per heavy atom. The van der Waals surface area contributed by atoms with Crippen molar-refractivity contribution in [3.8, 4) is 0 Å². The SMILES string of the molecule is CCC/C=C\[C@H]1OC1C. The van der Waals surface area contributed by atoms with Crippen molar-refractivity contribution < 1.29 is 4.74 Å². The molecule has 52 valence electrons. The average molecular weight is 126 g/mol. The van der Waals surface area contributed by atoms with Gasteiger partial charge in [-0.25, -0.2) is 0 Å². The van der Waals surface area contributed by atoms with Crippen molar-refractivity contribution in [2.45, 2.75) is 38.9 Å². The van der Waals surface area contributed by atoms with Crippen LogP contribution < -0.4 is 0 Å². The molecule has 2 atom stereocenters. The maximum Gasteiger partial charge on any atom is 0.102 e. The summed E-state index contributed by atoms with van der Waals surface area (Å²) in [6.07, 6.45) is 7.71. The first-order valence-corrected chi connectivity index (χ1v) is 3.66. The van der Waals surface area contributed by atoms with Crippen molar-refractivity contribution >= 4 is 0 Å². The zero-order chi connectivity index (χ0) is 6.69. The van der Waals surface area contributed by atoms with E-state index < -0.39 is 0 Å². The number of unbranched alkanes of at least 4 members (excludes halogenated alkanes) is 1. The lowest BCUT2D eigenvalue weighted by Gasteiger charge is -1.80. The fraction of sp³-hybridized carbons (Fsp3) is 0.750. The molecule has 0 aromatic carbocycles. The zero-order valence-corrected chi connectivity index (χ0v) is 6.13. The molecule has 0 bridgehead atoms. The summed E-state index contributed by atoms with van der Waals surface area (Å²) in [7, 11) is 0. The van der Waals surface area contributed by atoms with Gasteiger partial charge in [0.1, 0.15) is 6.10 Å². The molecule has 1 saturated heterocycles. The molecule has 1 unspecified atom stereocenters. The van der Waals surface area contributed by atoms with Crippen LogP contribution in [0.4, 0.5) is 0 Å². The number of hydrogen-bond acceptors (Lipinski definition) is 1. The van der Waals surface area contributed by atoms with Crippen molar-refractivity contribution in [1.29, 1.82) is 0 Å². The molecular weight excluding hydrogens is 112 g/mol. The highest BCUT2D eigenvalue weighted by molar-refractivity contribution is 5.00. The molecule has 1 heteroatoms. The maximum absolute atomic E-state index is 5.18. The lowest BCUT2D eigenvalue weighted by molar-refractivity contribution is 0.400. The van der Waals surface area contributed by atoms with Crippen molar-refractivity contribution in [1.82, 2.24) is 0 Å². The first-order valence-electron chi connectivity index (χ1n) is 3.66. The normalized spacial score (nSPS) is 33.6. The Morgan fingerprint density at radius 2 is 2.22 bits per heavy atom. The highest BCUT2D eigenvalue weighted by Gasteiger charge is 2.30. The third-order valence-corrected chi connectivity index (χ3v) is 1.54. The Morgan fingerprint density at radius 3 is 2.67 bits per heavy atom. The third-order valence-electron chi connectivity index (χ3n) is 1.54. The van der Waals surface area contributed by atoms with Gasteiger partial charge in [-0.15, -0.1) is 0 Å². The van der Waals surface area contributed by atoms with E-state index in [1.54, 1.807) is 0 Å². The Labute approximate surface area is 56.7 Å². The van der Waals surface area contributed by atoms with Crippen molar-refractivity contribution in [2.24, 2.45) is 0 Å². The molecule has 0 amide bonds. The van der Waals surface area contributed by atoms with Crippen LogP contribution in [0.2, 0.25) is 0 Å². The standard InChI is InChI=1S/C8H14O/c1-3-4-5-6-8-7(2)9-8/h5-8H,3-4H2,1-2H3/b6-5-/t7?,8-/m1/s1. The van der Waals surface area contributed by atoms with Gasteiger partial charge in [0.25, 0.3) is 0 Å². The predicted molar refractivity (Wildman–Crippen MR) is 38.4 cm³/mol. The van der Waals surface area contributed by atoms with Crippen LogP contribution in [0.5, 0.6) is 0 Å². The second kappa shape index (κ2) is 3.02. The van der Waals surface area contributed by atoms with E-state index in [0.717, 1.165) is 0 Å². The summed E-state index contributed by atoms with van der Waals surface area (Å²) < 4.78 is 5.18. The van der Waals surface area contributed by atoms with E-state index in [1.165, 1.54) is 12.8 Å². The molecule has 0 spiro atoms. The van der Waals surface area contributed by atoms with Gasteiger partial charge in [-0.1, -0.05) is 25.5 Å². The predicted octanol–water partition coefficient (Wildman–Crippen LogP) is 2.13. The van der Waals surface area contributed by atoms with Gasteiger partial charge >= 0.3 is 0 Å². The van der Waals surface area contributed by atoms with E-state index in [9.17, 15) is 0 Å². The lowest BCUT2D eigenvalue weighted by atomic mass is 10.2. The lowest BCUT2D eigenvalue weighted by Crippen LogP contribution is -1.80. The van der Waals surface area contributed by atoms with Gasteiger partial charge in [-0.3, -0.25) is 0 Å². The molecule has 0 aromatic rings. The smallest absolute Gasteiger partial charge is 0.102 e. The summed E-state index contributed by atoms with van der Waals surface area (Å²) in [6, 6.07) is 0. The number of hydrogen-bond donors (Lipinski definition) is 0. The van der Waals surface area contributed by atoms with Gasteiger partial charge in [0.15, 0.2) is 0 Å². The molecule has 1 aliphatic heterocycles. The molecule has 0 aromatic heterocycles. The van der Waals surface area contributed by atoms with Crippen molar-refractivity contribution in [3.05, 3.63) is 12.2 Å². The summed E-state index contributed by atoms with van der Waals surface area (Å²) in [6.45, 7) is 4.28. The molecule has 1 rings (SSSR count). The zero-order valence-electron chi connectivity index (χ0n) is 6.13. The minimum absolute atomic E-state index is 0.441. The van der Waals surface area contributed by atoms with Crippen LogP contribution in [0, 0.1) is 0 Å². The molecule has 1 aliphatic rings. The summed E-state index contributed by atoms with van der Waals surface area (Å²) in [5.74, 6) is 0. The van der Waals surface area contributed by atoms with Gasteiger partial charge in [0.2, 0.25) is 0 Å². The fourth-order valence-electron chi connectivity index (χ4n) is 0.801. The topological polar surface area (TPSA) is 12.5 Å². The molecule has 9 heavy (non-hydrogen) atoms. The Kier molecular flexibility index (Phi) is 2.29. The van der Waals surface area contributed by atoms with Crippen LogP contribution in [0.3, 0.4) is 0 Å². The van der Waals surface area contributed by atoms with Crippen molar-refractivity contribution in [3.63, 3.8) is 0 Å². The first-order chi connectivity index (χ1) is 4.34. The minimum Gasteiger partial charge on any atom is -0.365 e. The van der Waals surface area contributed by atoms with Gasteiger partial charge < -0.3 is 4.74 Å². The van der Waals surface area contributed by atoms with Crippen LogP contribution in [0.15, 0.2) is 12.2 Å².